The summed E-state index contributed by atoms with van der Waals surface area (Å²) < 4.78 is 4.95. The van der Waals surface area contributed by atoms with Gasteiger partial charge in [0.2, 0.25) is 0 Å². The highest BCUT2D eigenvalue weighted by Crippen LogP contribution is 1.99. The fourth-order valence-electron chi connectivity index (χ4n) is 1.25. The summed E-state index contributed by atoms with van der Waals surface area (Å²) in [6, 6.07) is 0. The molecule has 0 aliphatic rings. The van der Waals surface area contributed by atoms with Crippen LogP contribution in [0.5, 0.6) is 5.75 Å². The summed E-state index contributed by atoms with van der Waals surface area (Å²) in [4.78, 5) is 0. The first-order valence-electron chi connectivity index (χ1n) is 3.94. The highest BCUT2D eigenvalue weighted by atomic mass is 16.5. The quantitative estimate of drug-likeness (QED) is 0.473. The second-order valence-corrected chi connectivity index (χ2v) is 2.82. The van der Waals surface area contributed by atoms with Crippen LogP contribution >= 0.6 is 0 Å². The zero-order valence-corrected chi connectivity index (χ0v) is 7.87. The molecule has 8 radical (unpaired) electrons. The van der Waals surface area contributed by atoms with Crippen molar-refractivity contribution in [1.29, 1.82) is 0 Å². The van der Waals surface area contributed by atoms with Gasteiger partial charge in [-0.25, -0.2) is 0 Å². The Bertz CT molecular complexity index is 301. The molecule has 2 nitrogen and oxygen atoms in total. The summed E-state index contributed by atoms with van der Waals surface area (Å²) in [6.45, 7) is -0.309. The maximum absolute atomic E-state index is 9.00. The molecule has 1 aromatic carbocycles. The molecule has 1 aromatic rings. The van der Waals surface area contributed by atoms with Gasteiger partial charge >= 0.3 is 0 Å². The molecule has 1 N–H and O–H groups in total. The molecule has 0 saturated carbocycles. The van der Waals surface area contributed by atoms with Crippen molar-refractivity contribution in [2.75, 3.05) is 7.11 Å². The third-order valence-electron chi connectivity index (χ3n) is 2.08. The molecule has 0 aromatic heterocycles. The lowest BCUT2D eigenvalue weighted by molar-refractivity contribution is 0.284. The Balaban J connectivity index is 3.55. The van der Waals surface area contributed by atoms with Crippen molar-refractivity contribution in [2.45, 2.75) is 6.61 Å². The van der Waals surface area contributed by atoms with Crippen LogP contribution in [0.25, 0.3) is 0 Å². The van der Waals surface area contributed by atoms with E-state index in [1.807, 2.05) is 0 Å². The van der Waals surface area contributed by atoms with E-state index in [9.17, 15) is 0 Å². The first-order valence-corrected chi connectivity index (χ1v) is 3.94. The second-order valence-electron chi connectivity index (χ2n) is 2.82. The van der Waals surface area contributed by atoms with Crippen LogP contribution < -0.4 is 26.6 Å². The van der Waals surface area contributed by atoms with Crippen molar-refractivity contribution in [3.8, 4) is 5.75 Å². The van der Waals surface area contributed by atoms with Crippen molar-refractivity contribution >= 4 is 53.2 Å². The first-order chi connectivity index (χ1) is 6.54. The van der Waals surface area contributed by atoms with Gasteiger partial charge in [0.25, 0.3) is 0 Å². The number of methoxy groups -OCH3 is 1. The number of hydrogen-bond donors (Lipinski definition) is 1. The van der Waals surface area contributed by atoms with Gasteiger partial charge in [-0.05, 0) is 5.56 Å². The summed E-state index contributed by atoms with van der Waals surface area (Å²) >= 11 is 0. The van der Waals surface area contributed by atoms with Gasteiger partial charge in [-0.2, -0.15) is 0 Å². The van der Waals surface area contributed by atoms with Gasteiger partial charge in [0.15, 0.2) is 0 Å². The summed E-state index contributed by atoms with van der Waals surface area (Å²) in [5, 5.41) is 9.00. The molecule has 0 saturated heterocycles. The Labute approximate surface area is 88.7 Å². The van der Waals surface area contributed by atoms with E-state index >= 15 is 0 Å². The molecule has 0 heterocycles. The fourth-order valence-corrected chi connectivity index (χ4v) is 1.25. The van der Waals surface area contributed by atoms with E-state index in [4.69, 9.17) is 41.2 Å². The van der Waals surface area contributed by atoms with Gasteiger partial charge in [-0.1, -0.05) is 21.9 Å². The van der Waals surface area contributed by atoms with E-state index in [1.54, 1.807) is 0 Å². The van der Waals surface area contributed by atoms with E-state index in [0.29, 0.717) is 5.56 Å². The van der Waals surface area contributed by atoms with Crippen molar-refractivity contribution in [1.82, 2.24) is 0 Å². The lowest BCUT2D eigenvalue weighted by atomic mass is 9.66. The van der Waals surface area contributed by atoms with E-state index in [2.05, 4.69) is 0 Å². The SMILES string of the molecule is [B]c1c([B])c(OC)c([B])c([B])c1CO. The standard InChI is InChI=1S/C8H6B4O2/c1-14-8-6(11)4(9)3(2-13)5(10)7(8)12/h13H,2H2,1H3. The summed E-state index contributed by atoms with van der Waals surface area (Å²) in [7, 11) is 24.0. The number of aliphatic hydroxyl groups is 1. The van der Waals surface area contributed by atoms with Crippen molar-refractivity contribution < 1.29 is 9.84 Å². The smallest absolute Gasteiger partial charge is 0.118 e. The van der Waals surface area contributed by atoms with Crippen LogP contribution in [0.3, 0.4) is 0 Å². The molecule has 14 heavy (non-hydrogen) atoms. The Morgan fingerprint density at radius 2 is 1.43 bits per heavy atom. The molecule has 0 atom stereocenters. The molecule has 0 aliphatic carbocycles. The van der Waals surface area contributed by atoms with Crippen LogP contribution in [0.2, 0.25) is 0 Å². The molecule has 6 heteroatoms. The van der Waals surface area contributed by atoms with Gasteiger partial charge in [-0.3, -0.25) is 0 Å². The van der Waals surface area contributed by atoms with Crippen molar-refractivity contribution in [2.24, 2.45) is 0 Å². The topological polar surface area (TPSA) is 29.5 Å². The van der Waals surface area contributed by atoms with Crippen LogP contribution in [0.15, 0.2) is 0 Å². The highest BCUT2D eigenvalue weighted by Gasteiger charge is 2.12. The molecule has 1 rings (SSSR count). The summed E-state index contributed by atoms with van der Waals surface area (Å²) in [5.41, 5.74) is 1.14. The fraction of sp³-hybridized carbons (Fsp3) is 0.250. The molecule has 0 aliphatic heterocycles. The molecule has 0 spiro atoms. The average molecular weight is 177 g/mol. The zero-order valence-electron chi connectivity index (χ0n) is 7.87. The van der Waals surface area contributed by atoms with Crippen LogP contribution in [0.4, 0.5) is 0 Å². The zero-order chi connectivity index (χ0) is 10.9. The van der Waals surface area contributed by atoms with E-state index < -0.39 is 0 Å². The average Bonchev–Trinajstić information content (AvgIpc) is 2.17. The number of rotatable bonds is 2. The minimum Gasteiger partial charge on any atom is -0.498 e. The second kappa shape index (κ2) is 4.18. The summed E-state index contributed by atoms with van der Waals surface area (Å²) in [5.74, 6) is 0.247. The molecular weight excluding hydrogens is 171 g/mol. The third kappa shape index (κ3) is 1.59. The Hall–Kier alpha value is -0.760. The molecule has 0 bridgehead atoms. The molecule has 0 unspecified atom stereocenters. The van der Waals surface area contributed by atoms with Gasteiger partial charge < -0.3 is 9.84 Å². The minimum atomic E-state index is -0.309. The Morgan fingerprint density at radius 3 is 1.71 bits per heavy atom. The van der Waals surface area contributed by atoms with E-state index in [1.165, 1.54) is 7.11 Å². The predicted molar refractivity (Wildman–Crippen MR) is 60.5 cm³/mol. The lowest BCUT2D eigenvalue weighted by Crippen LogP contribution is -2.45. The van der Waals surface area contributed by atoms with E-state index in [-0.39, 0.29) is 34.2 Å². The highest BCUT2D eigenvalue weighted by molar-refractivity contribution is 6.58. The van der Waals surface area contributed by atoms with Crippen LogP contribution in [0, 0.1) is 0 Å². The first kappa shape index (κ1) is 11.3. The number of aliphatic hydroxyl groups excluding tert-OH is 1. The number of hydrogen-bond acceptors (Lipinski definition) is 2. The number of ether oxygens (including phenoxy) is 1. The van der Waals surface area contributed by atoms with Crippen LogP contribution in [0.1, 0.15) is 5.56 Å². The lowest BCUT2D eigenvalue weighted by Gasteiger charge is -2.19. The van der Waals surface area contributed by atoms with Crippen molar-refractivity contribution in [3.63, 3.8) is 0 Å². The van der Waals surface area contributed by atoms with Gasteiger partial charge in [0.05, 0.1) is 13.7 Å². The van der Waals surface area contributed by atoms with Crippen LogP contribution in [-0.4, -0.2) is 43.6 Å². The monoisotopic (exact) mass is 178 g/mol. The summed E-state index contributed by atoms with van der Waals surface area (Å²) in [6.07, 6.45) is 0. The third-order valence-corrected chi connectivity index (χ3v) is 2.08. The predicted octanol–water partition coefficient (Wildman–Crippen LogP) is -3.64. The molecule has 0 fully saturated rings. The maximum atomic E-state index is 9.00. The van der Waals surface area contributed by atoms with Gasteiger partial charge in [-0.15, -0.1) is 0 Å². The van der Waals surface area contributed by atoms with Crippen molar-refractivity contribution in [3.05, 3.63) is 5.56 Å². The Morgan fingerprint density at radius 1 is 1.00 bits per heavy atom. The molecule has 62 valence electrons. The van der Waals surface area contributed by atoms with Gasteiger partial charge in [0, 0.05) is 0 Å². The van der Waals surface area contributed by atoms with Crippen LogP contribution in [-0.2, 0) is 6.61 Å². The normalized spacial score (nSPS) is 10.1. The molecular formula is C8H6B4O2. The number of benzene rings is 1. The largest absolute Gasteiger partial charge is 0.498 e. The molecule has 0 amide bonds. The van der Waals surface area contributed by atoms with Gasteiger partial charge in [0.1, 0.15) is 37.1 Å². The minimum absolute atomic E-state index is 0.197. The van der Waals surface area contributed by atoms with E-state index in [0.717, 1.165) is 0 Å². The maximum Gasteiger partial charge on any atom is 0.118 e. The Kier molecular flexibility index (Phi) is 3.38.